The maximum atomic E-state index is 13.7. The molecule has 1 amide bonds. The number of halogens is 1. The van der Waals surface area contributed by atoms with Gasteiger partial charge in [0.25, 0.3) is 5.91 Å². The van der Waals surface area contributed by atoms with Crippen LogP contribution in [0.3, 0.4) is 0 Å². The zero-order chi connectivity index (χ0) is 26.7. The number of pyridine rings is 1. The molecule has 0 saturated heterocycles. The molecular formula is C27H30FN3O5S. The van der Waals surface area contributed by atoms with Gasteiger partial charge in [-0.15, -0.1) is 0 Å². The van der Waals surface area contributed by atoms with Crippen LogP contribution in [0.15, 0.2) is 71.9 Å². The first-order valence-corrected chi connectivity index (χ1v) is 13.4. The molecular weight excluding hydrogens is 497 g/mol. The van der Waals surface area contributed by atoms with E-state index in [1.165, 1.54) is 39.5 Å². The van der Waals surface area contributed by atoms with Crippen molar-refractivity contribution in [2.24, 2.45) is 5.92 Å². The summed E-state index contributed by atoms with van der Waals surface area (Å²) in [5.74, 6) is -1.07. The number of amides is 1. The largest absolute Gasteiger partial charge is 0.487 e. The summed E-state index contributed by atoms with van der Waals surface area (Å²) >= 11 is 0. The number of hydrogen-bond acceptors (Lipinski definition) is 6. The molecule has 0 unspecified atom stereocenters. The Morgan fingerprint density at radius 3 is 2.59 bits per heavy atom. The van der Waals surface area contributed by atoms with E-state index in [0.29, 0.717) is 0 Å². The topological polar surface area (TPSA) is 100 Å². The summed E-state index contributed by atoms with van der Waals surface area (Å²) in [5, 5.41) is 9.81. The zero-order valence-corrected chi connectivity index (χ0v) is 21.7. The van der Waals surface area contributed by atoms with Gasteiger partial charge in [0.2, 0.25) is 10.0 Å². The van der Waals surface area contributed by atoms with Crippen LogP contribution in [0.5, 0.6) is 5.75 Å². The van der Waals surface area contributed by atoms with E-state index in [-0.39, 0.29) is 47.7 Å². The molecule has 4 rings (SSSR count). The molecule has 2 heterocycles. The molecule has 0 aliphatic carbocycles. The highest BCUT2D eigenvalue weighted by Gasteiger charge is 2.38. The molecule has 196 valence electrons. The summed E-state index contributed by atoms with van der Waals surface area (Å²) in [6.45, 7) is 3.36. The molecule has 2 aromatic carbocycles. The van der Waals surface area contributed by atoms with Crippen molar-refractivity contribution in [2.75, 3.05) is 26.7 Å². The summed E-state index contributed by atoms with van der Waals surface area (Å²) < 4.78 is 48.6. The van der Waals surface area contributed by atoms with Gasteiger partial charge in [-0.3, -0.25) is 9.78 Å². The van der Waals surface area contributed by atoms with Gasteiger partial charge >= 0.3 is 0 Å². The van der Waals surface area contributed by atoms with Gasteiger partial charge in [0.05, 0.1) is 13.2 Å². The molecule has 0 bridgehead atoms. The fraction of sp³-hybridized carbons (Fsp3) is 0.333. The summed E-state index contributed by atoms with van der Waals surface area (Å²) in [5.41, 5.74) is 1.79. The summed E-state index contributed by atoms with van der Waals surface area (Å²) in [6, 6.07) is 13.3. The monoisotopic (exact) mass is 527 g/mol. The van der Waals surface area contributed by atoms with Gasteiger partial charge < -0.3 is 14.7 Å². The van der Waals surface area contributed by atoms with Gasteiger partial charge in [-0.1, -0.05) is 19.1 Å². The van der Waals surface area contributed by atoms with Crippen LogP contribution in [0.1, 0.15) is 24.2 Å². The molecule has 0 spiro atoms. The predicted octanol–water partition coefficient (Wildman–Crippen LogP) is 3.43. The Labute approximate surface area is 216 Å². The minimum atomic E-state index is -3.99. The molecule has 3 atom stereocenters. The number of aliphatic hydroxyl groups is 1. The van der Waals surface area contributed by atoms with E-state index in [0.717, 1.165) is 11.1 Å². The first-order valence-electron chi connectivity index (χ1n) is 12.0. The Morgan fingerprint density at radius 2 is 1.92 bits per heavy atom. The Hall–Kier alpha value is -3.34. The van der Waals surface area contributed by atoms with Crippen molar-refractivity contribution in [3.05, 3.63) is 78.4 Å². The van der Waals surface area contributed by atoms with Crippen molar-refractivity contribution in [3.8, 4) is 16.9 Å². The highest BCUT2D eigenvalue weighted by Crippen LogP contribution is 2.36. The van der Waals surface area contributed by atoms with Crippen molar-refractivity contribution in [1.82, 2.24) is 14.2 Å². The van der Waals surface area contributed by atoms with E-state index < -0.39 is 28.0 Å². The molecule has 1 aromatic heterocycles. The molecule has 1 N–H and O–H groups in total. The van der Waals surface area contributed by atoms with E-state index in [2.05, 4.69) is 4.98 Å². The standard InChI is InChI=1S/C27H30FN3O5S/c1-18-15-31(19(2)17-32)37(34,35)26-8-7-21(20-9-11-29-12-10-20)14-24(26)36-25(18)16-30(3)27(33)22-5-4-6-23(28)13-22/h4-14,18-19,25,32H,15-17H2,1-3H3/t18-,19-,25-/m0/s1. The fourth-order valence-corrected chi connectivity index (χ4v) is 6.19. The summed E-state index contributed by atoms with van der Waals surface area (Å²) in [7, 11) is -2.39. The Morgan fingerprint density at radius 1 is 1.19 bits per heavy atom. The van der Waals surface area contributed by atoms with Crippen molar-refractivity contribution >= 4 is 15.9 Å². The third-order valence-electron chi connectivity index (χ3n) is 6.55. The summed E-state index contributed by atoms with van der Waals surface area (Å²) in [6.07, 6.45) is 2.70. The number of aliphatic hydroxyl groups excluding tert-OH is 1. The van der Waals surface area contributed by atoms with Crippen LogP contribution in [0.4, 0.5) is 4.39 Å². The number of carbonyl (C=O) groups excluding carboxylic acids is 1. The van der Waals surface area contributed by atoms with Crippen LogP contribution in [0.2, 0.25) is 0 Å². The quantitative estimate of drug-likeness (QED) is 0.527. The predicted molar refractivity (Wildman–Crippen MR) is 137 cm³/mol. The third-order valence-corrected chi connectivity index (χ3v) is 8.57. The highest BCUT2D eigenvalue weighted by atomic mass is 32.2. The van der Waals surface area contributed by atoms with Gasteiger partial charge in [0, 0.05) is 43.5 Å². The number of aromatic nitrogens is 1. The fourth-order valence-electron chi connectivity index (χ4n) is 4.36. The molecule has 3 aromatic rings. The molecule has 0 fully saturated rings. The Bertz CT molecular complexity index is 1370. The number of rotatable bonds is 6. The number of fused-ring (bicyclic) bond motifs is 1. The van der Waals surface area contributed by atoms with E-state index in [1.54, 1.807) is 38.5 Å². The van der Waals surface area contributed by atoms with Crippen LogP contribution < -0.4 is 4.74 Å². The van der Waals surface area contributed by atoms with Crippen LogP contribution in [0, 0.1) is 11.7 Å². The number of likely N-dealkylation sites (N-methyl/N-ethyl adjacent to an activating group) is 1. The number of benzene rings is 2. The Balaban J connectivity index is 1.74. The van der Waals surface area contributed by atoms with Crippen LogP contribution >= 0.6 is 0 Å². The lowest BCUT2D eigenvalue weighted by molar-refractivity contribution is 0.0563. The van der Waals surface area contributed by atoms with Crippen LogP contribution in [-0.4, -0.2) is 72.5 Å². The average molecular weight is 528 g/mol. The van der Waals surface area contributed by atoms with Crippen LogP contribution in [0.25, 0.3) is 11.1 Å². The molecule has 1 aliphatic rings. The Kier molecular flexibility index (Phi) is 7.91. The number of sulfonamides is 1. The lowest BCUT2D eigenvalue weighted by atomic mass is 10.0. The maximum absolute atomic E-state index is 13.7. The normalized spacial score (nSPS) is 20.1. The van der Waals surface area contributed by atoms with E-state index in [4.69, 9.17) is 4.74 Å². The van der Waals surface area contributed by atoms with Gasteiger partial charge in [-0.05, 0) is 60.5 Å². The van der Waals surface area contributed by atoms with Crippen molar-refractivity contribution in [2.45, 2.75) is 30.9 Å². The average Bonchev–Trinajstić information content (AvgIpc) is 2.90. The number of hydrogen-bond donors (Lipinski definition) is 1. The molecule has 0 saturated carbocycles. The van der Waals surface area contributed by atoms with Gasteiger partial charge in [0.1, 0.15) is 22.6 Å². The first kappa shape index (κ1) is 26.7. The van der Waals surface area contributed by atoms with Gasteiger partial charge in [-0.25, -0.2) is 12.8 Å². The summed E-state index contributed by atoms with van der Waals surface area (Å²) in [4.78, 5) is 18.5. The zero-order valence-electron chi connectivity index (χ0n) is 20.9. The van der Waals surface area contributed by atoms with E-state index in [9.17, 15) is 22.7 Å². The lowest BCUT2D eigenvalue weighted by Gasteiger charge is -2.37. The van der Waals surface area contributed by atoms with E-state index in [1.807, 2.05) is 19.1 Å². The van der Waals surface area contributed by atoms with Crippen molar-refractivity contribution in [1.29, 1.82) is 0 Å². The highest BCUT2D eigenvalue weighted by molar-refractivity contribution is 7.89. The second-order valence-electron chi connectivity index (χ2n) is 9.33. The minimum absolute atomic E-state index is 0.0124. The number of nitrogens with zero attached hydrogens (tertiary/aromatic N) is 3. The van der Waals surface area contributed by atoms with Gasteiger partial charge in [0.15, 0.2) is 0 Å². The SMILES string of the molecule is C[C@H]1CN([C@@H](C)CO)S(=O)(=O)c2ccc(-c3ccncc3)cc2O[C@H]1CN(C)C(=O)c1cccc(F)c1. The molecule has 37 heavy (non-hydrogen) atoms. The molecule has 10 heteroatoms. The van der Waals surface area contributed by atoms with Crippen molar-refractivity contribution in [3.63, 3.8) is 0 Å². The molecule has 8 nitrogen and oxygen atoms in total. The van der Waals surface area contributed by atoms with Crippen LogP contribution in [-0.2, 0) is 10.0 Å². The third kappa shape index (κ3) is 5.66. The number of carbonyl (C=O) groups is 1. The maximum Gasteiger partial charge on any atom is 0.253 e. The van der Waals surface area contributed by atoms with Gasteiger partial charge in [-0.2, -0.15) is 4.31 Å². The first-order chi connectivity index (χ1) is 17.6. The smallest absolute Gasteiger partial charge is 0.253 e. The second kappa shape index (κ2) is 11.0. The molecule has 0 radical (unpaired) electrons. The lowest BCUT2D eigenvalue weighted by Crippen LogP contribution is -2.50. The molecule has 1 aliphatic heterocycles. The number of ether oxygens (including phenoxy) is 1. The van der Waals surface area contributed by atoms with Crippen molar-refractivity contribution < 1.29 is 27.4 Å². The second-order valence-corrected chi connectivity index (χ2v) is 11.2. The minimum Gasteiger partial charge on any atom is -0.487 e. The van der Waals surface area contributed by atoms with E-state index >= 15 is 0 Å².